The zero-order valence-corrected chi connectivity index (χ0v) is 11.0. The Morgan fingerprint density at radius 1 is 1.29 bits per heavy atom. The van der Waals surface area contributed by atoms with Gasteiger partial charge < -0.3 is 0 Å². The molecular weight excluding hydrogens is 228 g/mol. The summed E-state index contributed by atoms with van der Waals surface area (Å²) in [6, 6.07) is 7.67. The van der Waals surface area contributed by atoms with Gasteiger partial charge in [-0.15, -0.1) is 11.3 Å². The molecule has 0 spiro atoms. The van der Waals surface area contributed by atoms with E-state index in [0.717, 1.165) is 15.4 Å². The van der Waals surface area contributed by atoms with Crippen molar-refractivity contribution in [2.24, 2.45) is 0 Å². The molecule has 0 radical (unpaired) electrons. The van der Waals surface area contributed by atoms with E-state index < -0.39 is 0 Å². The number of thiazole rings is 1. The smallest absolute Gasteiger partial charge is 0.187 e. The predicted molar refractivity (Wildman–Crippen MR) is 72.5 cm³/mol. The van der Waals surface area contributed by atoms with E-state index in [4.69, 9.17) is 6.57 Å². The molecule has 3 heteroatoms. The van der Waals surface area contributed by atoms with Gasteiger partial charge in [-0.25, -0.2) is 9.83 Å². The fourth-order valence-electron chi connectivity index (χ4n) is 1.48. The van der Waals surface area contributed by atoms with Crippen LogP contribution in [0.15, 0.2) is 30.5 Å². The molecule has 1 aromatic heterocycles. The number of rotatable bonds is 1. The molecule has 0 saturated heterocycles. The van der Waals surface area contributed by atoms with Crippen LogP contribution in [0.5, 0.6) is 0 Å². The molecule has 86 valence electrons. The molecule has 2 rings (SSSR count). The Hall–Kier alpha value is -1.66. The molecule has 0 N–H and O–H groups in total. The Kier molecular flexibility index (Phi) is 2.99. The van der Waals surface area contributed by atoms with Gasteiger partial charge in [-0.05, 0) is 11.6 Å². The average molecular weight is 242 g/mol. The third kappa shape index (κ3) is 2.54. The van der Waals surface area contributed by atoms with Gasteiger partial charge in [0.1, 0.15) is 0 Å². The molecule has 0 bridgehead atoms. The van der Waals surface area contributed by atoms with E-state index in [9.17, 15) is 0 Å². The third-order valence-corrected chi connectivity index (χ3v) is 3.88. The highest BCUT2D eigenvalue weighted by atomic mass is 32.1. The van der Waals surface area contributed by atoms with E-state index in [1.165, 1.54) is 0 Å². The summed E-state index contributed by atoms with van der Waals surface area (Å²) >= 11 is 1.70. The van der Waals surface area contributed by atoms with Crippen molar-refractivity contribution in [3.8, 4) is 10.4 Å². The number of hydrogen-bond donors (Lipinski definition) is 0. The minimum atomic E-state index is 0.0837. The lowest BCUT2D eigenvalue weighted by atomic mass is 9.98. The SMILES string of the molecule is [C-]#[N+]c1cccc(-c2cnc(C(C)(C)C)s2)c1. The molecule has 2 aromatic rings. The van der Waals surface area contributed by atoms with Crippen molar-refractivity contribution in [3.63, 3.8) is 0 Å². The molecular formula is C14H14N2S. The number of aromatic nitrogens is 1. The maximum absolute atomic E-state index is 7.02. The Balaban J connectivity index is 2.41. The summed E-state index contributed by atoms with van der Waals surface area (Å²) in [5.74, 6) is 0. The zero-order valence-electron chi connectivity index (χ0n) is 10.2. The van der Waals surface area contributed by atoms with Gasteiger partial charge in [0.25, 0.3) is 0 Å². The highest BCUT2D eigenvalue weighted by molar-refractivity contribution is 7.15. The van der Waals surface area contributed by atoms with Gasteiger partial charge >= 0.3 is 0 Å². The Morgan fingerprint density at radius 3 is 2.65 bits per heavy atom. The quantitative estimate of drug-likeness (QED) is 0.665. The summed E-state index contributed by atoms with van der Waals surface area (Å²) in [5, 5.41) is 1.13. The van der Waals surface area contributed by atoms with E-state index in [0.29, 0.717) is 5.69 Å². The molecule has 0 unspecified atom stereocenters. The fraction of sp³-hybridized carbons (Fsp3) is 0.286. The number of benzene rings is 1. The summed E-state index contributed by atoms with van der Waals surface area (Å²) in [5.41, 5.74) is 1.83. The summed E-state index contributed by atoms with van der Waals surface area (Å²) in [7, 11) is 0. The fourth-order valence-corrected chi connectivity index (χ4v) is 2.45. The second-order valence-electron chi connectivity index (χ2n) is 4.94. The van der Waals surface area contributed by atoms with Crippen LogP contribution in [-0.2, 0) is 5.41 Å². The Labute approximate surface area is 106 Å². The van der Waals surface area contributed by atoms with Crippen molar-refractivity contribution in [1.29, 1.82) is 0 Å². The van der Waals surface area contributed by atoms with Gasteiger partial charge in [-0.2, -0.15) is 0 Å². The van der Waals surface area contributed by atoms with Crippen LogP contribution >= 0.6 is 11.3 Å². The van der Waals surface area contributed by atoms with Crippen molar-refractivity contribution >= 4 is 17.0 Å². The molecule has 0 amide bonds. The van der Waals surface area contributed by atoms with Crippen LogP contribution in [0.4, 0.5) is 5.69 Å². The number of hydrogen-bond acceptors (Lipinski definition) is 2. The lowest BCUT2D eigenvalue weighted by molar-refractivity contribution is 0.585. The standard InChI is InChI=1S/C14H14N2S/c1-14(2,3)13-16-9-12(17-13)10-6-5-7-11(8-10)15-4/h5-9H,1-3H3. The number of nitrogens with zero attached hydrogens (tertiary/aromatic N) is 2. The van der Waals surface area contributed by atoms with E-state index >= 15 is 0 Å². The van der Waals surface area contributed by atoms with E-state index in [1.807, 2.05) is 30.5 Å². The molecule has 17 heavy (non-hydrogen) atoms. The first kappa shape index (κ1) is 11.8. The summed E-state index contributed by atoms with van der Waals surface area (Å²) in [4.78, 5) is 9.03. The molecule has 0 aliphatic heterocycles. The van der Waals surface area contributed by atoms with Crippen LogP contribution in [0.2, 0.25) is 0 Å². The van der Waals surface area contributed by atoms with Crippen molar-refractivity contribution < 1.29 is 0 Å². The molecule has 0 fully saturated rings. The molecule has 1 heterocycles. The van der Waals surface area contributed by atoms with Gasteiger partial charge in [-0.3, -0.25) is 0 Å². The highest BCUT2D eigenvalue weighted by Crippen LogP contribution is 2.33. The van der Waals surface area contributed by atoms with Gasteiger partial charge in [0.15, 0.2) is 5.69 Å². The summed E-state index contributed by atoms with van der Waals surface area (Å²) < 4.78 is 0. The van der Waals surface area contributed by atoms with Crippen LogP contribution in [0.25, 0.3) is 15.3 Å². The van der Waals surface area contributed by atoms with Crippen LogP contribution in [-0.4, -0.2) is 4.98 Å². The minimum Gasteiger partial charge on any atom is -0.248 e. The van der Waals surface area contributed by atoms with Gasteiger partial charge in [-0.1, -0.05) is 39.0 Å². The largest absolute Gasteiger partial charge is 0.248 e. The van der Waals surface area contributed by atoms with E-state index in [2.05, 4.69) is 30.6 Å². The van der Waals surface area contributed by atoms with Gasteiger partial charge in [0, 0.05) is 11.6 Å². The monoisotopic (exact) mass is 242 g/mol. The summed E-state index contributed by atoms with van der Waals surface area (Å²) in [6.45, 7) is 13.5. The maximum Gasteiger partial charge on any atom is 0.187 e. The molecule has 2 nitrogen and oxygen atoms in total. The average Bonchev–Trinajstić information content (AvgIpc) is 2.78. The summed E-state index contributed by atoms with van der Waals surface area (Å²) in [6.07, 6.45) is 1.90. The van der Waals surface area contributed by atoms with E-state index in [1.54, 1.807) is 11.3 Å². The lowest BCUT2D eigenvalue weighted by Gasteiger charge is -2.13. The molecule has 0 saturated carbocycles. The normalized spacial score (nSPS) is 11.2. The first-order chi connectivity index (χ1) is 8.00. The third-order valence-electron chi connectivity index (χ3n) is 2.41. The molecule has 0 aliphatic carbocycles. The van der Waals surface area contributed by atoms with Gasteiger partial charge in [0.2, 0.25) is 0 Å². The molecule has 0 atom stereocenters. The van der Waals surface area contributed by atoms with Gasteiger partial charge in [0.05, 0.1) is 16.5 Å². The Bertz CT molecular complexity index is 570. The van der Waals surface area contributed by atoms with Crippen LogP contribution in [0, 0.1) is 6.57 Å². The van der Waals surface area contributed by atoms with Crippen LogP contribution < -0.4 is 0 Å². The van der Waals surface area contributed by atoms with Crippen molar-refractivity contribution in [3.05, 3.63) is 46.9 Å². The first-order valence-electron chi connectivity index (χ1n) is 5.45. The minimum absolute atomic E-state index is 0.0837. The first-order valence-corrected chi connectivity index (χ1v) is 6.26. The predicted octanol–water partition coefficient (Wildman–Crippen LogP) is 4.66. The topological polar surface area (TPSA) is 17.2 Å². The molecule has 0 aliphatic rings. The van der Waals surface area contributed by atoms with Crippen LogP contribution in [0.3, 0.4) is 0 Å². The Morgan fingerprint density at radius 2 is 2.06 bits per heavy atom. The second kappa shape index (κ2) is 4.31. The maximum atomic E-state index is 7.02. The lowest BCUT2D eigenvalue weighted by Crippen LogP contribution is -2.09. The van der Waals surface area contributed by atoms with E-state index in [-0.39, 0.29) is 5.41 Å². The van der Waals surface area contributed by atoms with Crippen LogP contribution in [0.1, 0.15) is 25.8 Å². The molecule has 1 aromatic carbocycles. The van der Waals surface area contributed by atoms with Crippen molar-refractivity contribution in [2.75, 3.05) is 0 Å². The highest BCUT2D eigenvalue weighted by Gasteiger charge is 2.18. The zero-order chi connectivity index (χ0) is 12.5. The van der Waals surface area contributed by atoms with Crippen molar-refractivity contribution in [1.82, 2.24) is 4.98 Å². The second-order valence-corrected chi connectivity index (χ2v) is 5.97. The van der Waals surface area contributed by atoms with Crippen molar-refractivity contribution in [2.45, 2.75) is 26.2 Å².